The number of aliphatic hydroxyl groups excluding tert-OH is 1. The lowest BCUT2D eigenvalue weighted by Gasteiger charge is -2.21. The Balaban J connectivity index is 2.19. The number of imide groups is 1. The molecule has 0 radical (unpaired) electrons. The quantitative estimate of drug-likeness (QED) is 0.811. The fourth-order valence-electron chi connectivity index (χ4n) is 2.75. The Morgan fingerprint density at radius 2 is 1.85 bits per heavy atom. The number of hydrogen-bond donors (Lipinski definition) is 1. The van der Waals surface area contributed by atoms with E-state index in [-0.39, 0.29) is 24.3 Å². The average Bonchev–Trinajstić information content (AvgIpc) is 2.64. The maximum absolute atomic E-state index is 12.3. The number of nitrogens with zero attached hydrogens (tertiary/aromatic N) is 1. The number of aliphatic hydroxyl groups is 1. The second-order valence-electron chi connectivity index (χ2n) is 5.44. The molecule has 4 heteroatoms. The average molecular weight is 275 g/mol. The van der Waals surface area contributed by atoms with Crippen LogP contribution in [-0.4, -0.2) is 35.0 Å². The van der Waals surface area contributed by atoms with E-state index < -0.39 is 0 Å². The highest BCUT2D eigenvalue weighted by Crippen LogP contribution is 2.26. The van der Waals surface area contributed by atoms with Crippen molar-refractivity contribution in [3.63, 3.8) is 0 Å². The molecule has 1 aromatic carbocycles. The molecule has 0 aromatic heterocycles. The lowest BCUT2D eigenvalue weighted by Crippen LogP contribution is -2.35. The van der Waals surface area contributed by atoms with Crippen LogP contribution < -0.4 is 0 Å². The molecular weight excluding hydrogens is 254 g/mol. The van der Waals surface area contributed by atoms with Gasteiger partial charge in [-0.25, -0.2) is 0 Å². The van der Waals surface area contributed by atoms with Gasteiger partial charge in [0.2, 0.25) is 0 Å². The number of carbonyl (C=O) groups excluding carboxylic acids is 2. The molecule has 0 saturated carbocycles. The molecule has 0 fully saturated rings. The van der Waals surface area contributed by atoms with Gasteiger partial charge in [0.25, 0.3) is 11.8 Å². The Morgan fingerprint density at radius 3 is 2.50 bits per heavy atom. The molecule has 4 nitrogen and oxygen atoms in total. The molecule has 1 aliphatic rings. The van der Waals surface area contributed by atoms with Crippen molar-refractivity contribution in [3.05, 3.63) is 34.9 Å². The third kappa shape index (κ3) is 2.75. The zero-order valence-corrected chi connectivity index (χ0v) is 12.1. The Labute approximate surface area is 119 Å². The first-order valence-corrected chi connectivity index (χ1v) is 7.16. The van der Waals surface area contributed by atoms with Gasteiger partial charge in [0.15, 0.2) is 0 Å². The highest BCUT2D eigenvalue weighted by atomic mass is 16.3. The van der Waals surface area contributed by atoms with Gasteiger partial charge in [-0.05, 0) is 37.8 Å². The number of aryl methyl sites for hydroxylation is 1. The van der Waals surface area contributed by atoms with Gasteiger partial charge in [-0.3, -0.25) is 14.5 Å². The fraction of sp³-hybridized carbons (Fsp3) is 0.500. The molecule has 0 saturated heterocycles. The number of hydrogen-bond acceptors (Lipinski definition) is 3. The standard InChI is InChI=1S/C16H21NO3/c1-3-4-12(7-8-18)10-17-15(19)13-6-5-11(2)9-14(13)16(17)20/h5-6,9,12,18H,3-4,7-8,10H2,1-2H3. The molecule has 0 bridgehead atoms. The Kier molecular flexibility index (Phi) is 4.55. The molecule has 0 aliphatic carbocycles. The molecule has 1 aliphatic heterocycles. The summed E-state index contributed by atoms with van der Waals surface area (Å²) in [6.45, 7) is 4.47. The first kappa shape index (κ1) is 14.7. The number of carbonyl (C=O) groups is 2. The van der Waals surface area contributed by atoms with Crippen molar-refractivity contribution < 1.29 is 14.7 Å². The second-order valence-corrected chi connectivity index (χ2v) is 5.44. The number of benzene rings is 1. The van der Waals surface area contributed by atoms with Crippen LogP contribution in [0.4, 0.5) is 0 Å². The van der Waals surface area contributed by atoms with Crippen molar-refractivity contribution in [1.29, 1.82) is 0 Å². The normalized spacial score (nSPS) is 15.7. The van der Waals surface area contributed by atoms with Crippen LogP contribution in [0, 0.1) is 12.8 Å². The molecule has 1 N–H and O–H groups in total. The van der Waals surface area contributed by atoms with E-state index in [1.807, 2.05) is 13.0 Å². The molecule has 2 amide bonds. The van der Waals surface area contributed by atoms with Gasteiger partial charge in [0.1, 0.15) is 0 Å². The van der Waals surface area contributed by atoms with Gasteiger partial charge in [0.05, 0.1) is 11.1 Å². The van der Waals surface area contributed by atoms with E-state index in [1.54, 1.807) is 12.1 Å². The summed E-state index contributed by atoms with van der Waals surface area (Å²) in [5.41, 5.74) is 1.99. The minimum Gasteiger partial charge on any atom is -0.396 e. The highest BCUT2D eigenvalue weighted by molar-refractivity contribution is 6.21. The zero-order chi connectivity index (χ0) is 14.7. The van der Waals surface area contributed by atoms with E-state index in [0.29, 0.717) is 24.1 Å². The van der Waals surface area contributed by atoms with Crippen LogP contribution in [0.5, 0.6) is 0 Å². The van der Waals surface area contributed by atoms with Crippen molar-refractivity contribution in [3.8, 4) is 0 Å². The summed E-state index contributed by atoms with van der Waals surface area (Å²) in [4.78, 5) is 26.0. The largest absolute Gasteiger partial charge is 0.396 e. The van der Waals surface area contributed by atoms with Crippen LogP contribution in [0.15, 0.2) is 18.2 Å². The van der Waals surface area contributed by atoms with Crippen LogP contribution in [0.2, 0.25) is 0 Å². The van der Waals surface area contributed by atoms with E-state index in [1.165, 1.54) is 4.90 Å². The van der Waals surface area contributed by atoms with E-state index in [2.05, 4.69) is 6.92 Å². The summed E-state index contributed by atoms with van der Waals surface area (Å²) in [5.74, 6) is -0.231. The van der Waals surface area contributed by atoms with Crippen molar-refractivity contribution in [1.82, 2.24) is 4.90 Å². The number of amides is 2. The Hall–Kier alpha value is -1.68. The maximum atomic E-state index is 12.3. The monoisotopic (exact) mass is 275 g/mol. The molecule has 20 heavy (non-hydrogen) atoms. The molecule has 108 valence electrons. The molecule has 0 spiro atoms. The summed E-state index contributed by atoms with van der Waals surface area (Å²) in [6, 6.07) is 5.35. The lowest BCUT2D eigenvalue weighted by molar-refractivity contribution is 0.0616. The van der Waals surface area contributed by atoms with Crippen LogP contribution in [0.3, 0.4) is 0 Å². The molecule has 1 aromatic rings. The van der Waals surface area contributed by atoms with Gasteiger partial charge in [0, 0.05) is 13.2 Å². The highest BCUT2D eigenvalue weighted by Gasteiger charge is 2.36. The molecule has 1 unspecified atom stereocenters. The smallest absolute Gasteiger partial charge is 0.261 e. The van der Waals surface area contributed by atoms with Crippen molar-refractivity contribution in [2.75, 3.05) is 13.2 Å². The van der Waals surface area contributed by atoms with Crippen LogP contribution >= 0.6 is 0 Å². The second kappa shape index (κ2) is 6.18. The van der Waals surface area contributed by atoms with Crippen molar-refractivity contribution in [2.24, 2.45) is 5.92 Å². The lowest BCUT2D eigenvalue weighted by atomic mass is 9.99. The third-order valence-corrected chi connectivity index (χ3v) is 3.80. The van der Waals surface area contributed by atoms with Crippen molar-refractivity contribution in [2.45, 2.75) is 33.1 Å². The number of rotatable bonds is 6. The maximum Gasteiger partial charge on any atom is 0.261 e. The summed E-state index contributed by atoms with van der Waals surface area (Å²) in [5, 5.41) is 9.09. The Morgan fingerprint density at radius 1 is 1.15 bits per heavy atom. The molecule has 2 rings (SSSR count). The topological polar surface area (TPSA) is 57.6 Å². The predicted octanol–water partition coefficient (Wildman–Crippen LogP) is 2.39. The van der Waals surface area contributed by atoms with Gasteiger partial charge in [-0.15, -0.1) is 0 Å². The van der Waals surface area contributed by atoms with Gasteiger partial charge < -0.3 is 5.11 Å². The van der Waals surface area contributed by atoms with Crippen LogP contribution in [0.25, 0.3) is 0 Å². The first-order valence-electron chi connectivity index (χ1n) is 7.16. The Bertz CT molecular complexity index is 518. The van der Waals surface area contributed by atoms with Gasteiger partial charge >= 0.3 is 0 Å². The summed E-state index contributed by atoms with van der Waals surface area (Å²) < 4.78 is 0. The van der Waals surface area contributed by atoms with Crippen LogP contribution in [-0.2, 0) is 0 Å². The third-order valence-electron chi connectivity index (χ3n) is 3.80. The summed E-state index contributed by atoms with van der Waals surface area (Å²) in [6.07, 6.45) is 2.51. The fourth-order valence-corrected chi connectivity index (χ4v) is 2.75. The predicted molar refractivity (Wildman–Crippen MR) is 76.6 cm³/mol. The first-order chi connectivity index (χ1) is 9.58. The van der Waals surface area contributed by atoms with E-state index in [0.717, 1.165) is 18.4 Å². The summed E-state index contributed by atoms with van der Waals surface area (Å²) >= 11 is 0. The van der Waals surface area contributed by atoms with Gasteiger partial charge in [-0.2, -0.15) is 0 Å². The molecule has 1 atom stereocenters. The van der Waals surface area contributed by atoms with E-state index in [4.69, 9.17) is 5.11 Å². The number of fused-ring (bicyclic) bond motifs is 1. The minimum atomic E-state index is -0.205. The molecule has 1 heterocycles. The van der Waals surface area contributed by atoms with Crippen LogP contribution in [0.1, 0.15) is 52.5 Å². The zero-order valence-electron chi connectivity index (χ0n) is 12.1. The molecular formula is C16H21NO3. The van der Waals surface area contributed by atoms with E-state index >= 15 is 0 Å². The summed E-state index contributed by atoms with van der Waals surface area (Å²) in [7, 11) is 0. The van der Waals surface area contributed by atoms with E-state index in [9.17, 15) is 9.59 Å². The van der Waals surface area contributed by atoms with Gasteiger partial charge in [-0.1, -0.05) is 25.0 Å². The minimum absolute atomic E-state index is 0.0902. The SMILES string of the molecule is CCCC(CCO)CN1C(=O)c2ccc(C)cc2C1=O. The van der Waals surface area contributed by atoms with Crippen molar-refractivity contribution >= 4 is 11.8 Å².